The number of nitrogens with one attached hydrogen (secondary N) is 4. The quantitative estimate of drug-likeness (QED) is 0.0733. The van der Waals surface area contributed by atoms with Gasteiger partial charge in [0.1, 0.15) is 24.3 Å². The fourth-order valence-electron chi connectivity index (χ4n) is 6.69. The van der Waals surface area contributed by atoms with E-state index in [9.17, 15) is 29.4 Å². The molecule has 6 amide bonds. The van der Waals surface area contributed by atoms with Crippen LogP contribution < -0.4 is 21.3 Å². The molecule has 0 spiro atoms. The van der Waals surface area contributed by atoms with Crippen LogP contribution in [0.3, 0.4) is 0 Å². The third-order valence-corrected chi connectivity index (χ3v) is 10.4. The second-order valence-corrected chi connectivity index (χ2v) is 15.9. The van der Waals surface area contributed by atoms with Gasteiger partial charge in [-0.25, -0.2) is 9.59 Å². The Morgan fingerprint density at radius 1 is 0.533 bits per heavy atom. The first-order valence-corrected chi connectivity index (χ1v) is 20.6. The average molecular weight is 823 g/mol. The first-order chi connectivity index (χ1) is 28.7. The van der Waals surface area contributed by atoms with Gasteiger partial charge in [-0.3, -0.25) is 19.6 Å². The number of aliphatic hydroxyl groups is 2. The zero-order valence-electron chi connectivity index (χ0n) is 35.6. The van der Waals surface area contributed by atoms with Gasteiger partial charge in [0.2, 0.25) is 11.8 Å². The molecule has 14 nitrogen and oxygen atoms in total. The highest BCUT2D eigenvalue weighted by Crippen LogP contribution is 2.17. The minimum absolute atomic E-state index is 0.134. The molecule has 0 aliphatic heterocycles. The Balaban J connectivity index is 1.52. The number of rotatable bonds is 21. The number of pyridine rings is 2. The van der Waals surface area contributed by atoms with Crippen molar-refractivity contribution in [1.29, 1.82) is 0 Å². The second kappa shape index (κ2) is 23.7. The maximum absolute atomic E-state index is 14.1. The third kappa shape index (κ3) is 14.8. The Labute approximate surface area is 354 Å². The largest absolute Gasteiger partial charge is 0.388 e. The van der Waals surface area contributed by atoms with E-state index in [-0.39, 0.29) is 24.7 Å². The molecule has 4 aromatic rings. The molecular formula is C46H62N8O6. The molecule has 14 heteroatoms. The van der Waals surface area contributed by atoms with E-state index in [0.717, 1.165) is 22.5 Å². The van der Waals surface area contributed by atoms with E-state index in [1.807, 2.05) is 125 Å². The SMILES string of the molecule is CC(C)C(NC(=O)N(C)CCc1ccccn1)C(=O)N[C@@H](Cc1ccccc1)[C@H](O)[C@@H](O)[C@H](Cc1ccccc1)NC(=O)C(NC(=O)N(C)CCc1ccccn1)C(C)C. The molecule has 2 unspecified atom stereocenters. The molecule has 6 atom stereocenters. The van der Waals surface area contributed by atoms with Gasteiger partial charge < -0.3 is 41.3 Å². The van der Waals surface area contributed by atoms with Gasteiger partial charge in [0.05, 0.1) is 12.1 Å². The molecule has 0 bridgehead atoms. The number of likely N-dealkylation sites (N-methyl/N-ethyl adjacent to an activating group) is 2. The van der Waals surface area contributed by atoms with Gasteiger partial charge in [-0.05, 0) is 60.1 Å². The summed E-state index contributed by atoms with van der Waals surface area (Å²) in [5, 5.41) is 35.6. The molecule has 0 saturated carbocycles. The molecule has 322 valence electrons. The minimum Gasteiger partial charge on any atom is -0.388 e. The number of amides is 6. The number of urea groups is 2. The fraction of sp³-hybridized carbons (Fsp3) is 0.435. The molecule has 60 heavy (non-hydrogen) atoms. The summed E-state index contributed by atoms with van der Waals surface area (Å²) in [7, 11) is 3.29. The Bertz CT molecular complexity index is 1770. The van der Waals surface area contributed by atoms with Crippen LogP contribution in [-0.2, 0) is 35.3 Å². The molecule has 0 radical (unpaired) electrons. The maximum atomic E-state index is 14.1. The van der Waals surface area contributed by atoms with Gasteiger partial charge in [-0.1, -0.05) is 100 Å². The maximum Gasteiger partial charge on any atom is 0.317 e. The van der Waals surface area contributed by atoms with E-state index in [1.165, 1.54) is 9.80 Å². The van der Waals surface area contributed by atoms with Crippen LogP contribution >= 0.6 is 0 Å². The van der Waals surface area contributed by atoms with Crippen molar-refractivity contribution in [2.24, 2.45) is 11.8 Å². The number of carbonyl (C=O) groups excluding carboxylic acids is 4. The van der Waals surface area contributed by atoms with Crippen molar-refractivity contribution in [2.45, 2.75) is 89.8 Å². The summed E-state index contributed by atoms with van der Waals surface area (Å²) in [6.07, 6.45) is 1.54. The van der Waals surface area contributed by atoms with E-state index in [2.05, 4.69) is 31.2 Å². The second-order valence-electron chi connectivity index (χ2n) is 15.9. The van der Waals surface area contributed by atoms with Crippen molar-refractivity contribution in [1.82, 2.24) is 41.0 Å². The summed E-state index contributed by atoms with van der Waals surface area (Å²) in [6.45, 7) is 7.98. The van der Waals surface area contributed by atoms with Crippen molar-refractivity contribution in [3.05, 3.63) is 132 Å². The fourth-order valence-corrected chi connectivity index (χ4v) is 6.69. The smallest absolute Gasteiger partial charge is 0.317 e. The molecule has 0 fully saturated rings. The predicted octanol–water partition coefficient (Wildman–Crippen LogP) is 3.77. The van der Waals surface area contributed by atoms with E-state index in [4.69, 9.17) is 0 Å². The molecule has 0 saturated heterocycles. The number of nitrogens with zero attached hydrogens (tertiary/aromatic N) is 4. The number of benzene rings is 2. The monoisotopic (exact) mass is 822 g/mol. The van der Waals surface area contributed by atoms with E-state index in [0.29, 0.717) is 25.9 Å². The predicted molar refractivity (Wildman–Crippen MR) is 232 cm³/mol. The number of aliphatic hydroxyl groups excluding tert-OH is 2. The number of aromatic nitrogens is 2. The van der Waals surface area contributed by atoms with Crippen LogP contribution in [0.1, 0.15) is 50.2 Å². The minimum atomic E-state index is -1.59. The summed E-state index contributed by atoms with van der Waals surface area (Å²) >= 11 is 0. The Kier molecular flexibility index (Phi) is 18.5. The molecule has 6 N–H and O–H groups in total. The van der Waals surface area contributed by atoms with Crippen molar-refractivity contribution in [2.75, 3.05) is 27.2 Å². The zero-order valence-corrected chi connectivity index (χ0v) is 35.6. The normalized spacial score (nSPS) is 14.2. The highest BCUT2D eigenvalue weighted by molar-refractivity contribution is 5.88. The van der Waals surface area contributed by atoms with Crippen LogP contribution in [0.5, 0.6) is 0 Å². The highest BCUT2D eigenvalue weighted by atomic mass is 16.3. The molecule has 2 aromatic carbocycles. The summed E-state index contributed by atoms with van der Waals surface area (Å²) < 4.78 is 0. The van der Waals surface area contributed by atoms with E-state index in [1.54, 1.807) is 26.5 Å². The van der Waals surface area contributed by atoms with Crippen molar-refractivity contribution in [3.63, 3.8) is 0 Å². The van der Waals surface area contributed by atoms with Crippen molar-refractivity contribution >= 4 is 23.9 Å². The third-order valence-electron chi connectivity index (χ3n) is 10.4. The highest BCUT2D eigenvalue weighted by Gasteiger charge is 2.38. The summed E-state index contributed by atoms with van der Waals surface area (Å²) in [5.74, 6) is -1.75. The van der Waals surface area contributed by atoms with Crippen LogP contribution in [0.25, 0.3) is 0 Å². The van der Waals surface area contributed by atoms with Crippen molar-refractivity contribution in [3.8, 4) is 0 Å². The molecule has 4 rings (SSSR count). The van der Waals surface area contributed by atoms with Crippen LogP contribution in [0.2, 0.25) is 0 Å². The first-order valence-electron chi connectivity index (χ1n) is 20.6. The van der Waals surface area contributed by atoms with Crippen LogP contribution in [0, 0.1) is 11.8 Å². The Hall–Kier alpha value is -5.86. The molecular weight excluding hydrogens is 761 g/mol. The van der Waals surface area contributed by atoms with Gasteiger partial charge >= 0.3 is 12.1 Å². The standard InChI is InChI=1S/C46H62N8O6/c1-31(2)39(51-45(59)53(5)27-23-35-21-13-15-25-47-35)43(57)49-37(29-33-17-9-7-10-18-33)41(55)42(56)38(30-34-19-11-8-12-20-34)50-44(58)40(32(3)4)52-46(60)54(6)28-24-36-22-14-16-26-48-36/h7-22,25-26,31-32,37-42,55-56H,23-24,27-30H2,1-6H3,(H,49,57)(H,50,58)(H,51,59)(H,52,60)/t37-,38-,39?,40?,41-,42-/m0/s1. The zero-order chi connectivity index (χ0) is 43.6. The Morgan fingerprint density at radius 3 is 1.20 bits per heavy atom. The molecule has 0 aliphatic rings. The Morgan fingerprint density at radius 2 is 0.883 bits per heavy atom. The van der Waals surface area contributed by atoms with Crippen LogP contribution in [-0.4, -0.2) is 117 Å². The average Bonchev–Trinajstić information content (AvgIpc) is 3.25. The lowest BCUT2D eigenvalue weighted by Crippen LogP contribution is -2.62. The molecule has 0 aliphatic carbocycles. The lowest BCUT2D eigenvalue weighted by Gasteiger charge is -2.35. The van der Waals surface area contributed by atoms with Gasteiger partial charge in [0, 0.05) is 63.8 Å². The van der Waals surface area contributed by atoms with Gasteiger partial charge in [0.25, 0.3) is 0 Å². The number of hydrogen-bond donors (Lipinski definition) is 6. The van der Waals surface area contributed by atoms with Crippen LogP contribution in [0.15, 0.2) is 109 Å². The van der Waals surface area contributed by atoms with Gasteiger partial charge in [0.15, 0.2) is 0 Å². The molecule has 2 heterocycles. The number of carbonyl (C=O) groups is 4. The topological polar surface area (TPSA) is 189 Å². The van der Waals surface area contributed by atoms with Gasteiger partial charge in [-0.2, -0.15) is 0 Å². The van der Waals surface area contributed by atoms with Crippen LogP contribution in [0.4, 0.5) is 9.59 Å². The van der Waals surface area contributed by atoms with Crippen molar-refractivity contribution < 1.29 is 29.4 Å². The first kappa shape index (κ1) is 46.8. The summed E-state index contributed by atoms with van der Waals surface area (Å²) in [4.78, 5) is 66.4. The van der Waals surface area contributed by atoms with E-state index >= 15 is 0 Å². The summed E-state index contributed by atoms with van der Waals surface area (Å²) in [5.41, 5.74) is 3.23. The van der Waals surface area contributed by atoms with Gasteiger partial charge in [-0.15, -0.1) is 0 Å². The lowest BCUT2D eigenvalue weighted by molar-refractivity contribution is -0.129. The lowest BCUT2D eigenvalue weighted by atomic mass is 9.90. The summed E-state index contributed by atoms with van der Waals surface area (Å²) in [6, 6.07) is 24.7. The number of hydrogen-bond acceptors (Lipinski definition) is 8. The molecule has 2 aromatic heterocycles. The van der Waals surface area contributed by atoms with E-state index < -0.39 is 60.3 Å².